The molecule has 0 saturated carbocycles. The summed E-state index contributed by atoms with van der Waals surface area (Å²) in [5, 5.41) is 15.2. The number of hydrogen-bond donors (Lipinski definition) is 1. The number of ether oxygens (including phenoxy) is 2. The smallest absolute Gasteiger partial charge is 0.345 e. The number of nitrogens with zero attached hydrogens (tertiary/aromatic N) is 4. The van der Waals surface area contributed by atoms with Crippen molar-refractivity contribution in [2.45, 2.75) is 13.1 Å². The molecule has 4 rings (SSSR count). The van der Waals surface area contributed by atoms with E-state index in [1.54, 1.807) is 11.8 Å². The molecule has 0 bridgehead atoms. The first kappa shape index (κ1) is 18.6. The summed E-state index contributed by atoms with van der Waals surface area (Å²) in [6, 6.07) is 25.8. The minimum absolute atomic E-state index is 0.319. The summed E-state index contributed by atoms with van der Waals surface area (Å²) in [6.07, 6.45) is 0. The Bertz CT molecular complexity index is 1050. The van der Waals surface area contributed by atoms with Crippen molar-refractivity contribution in [2.75, 3.05) is 7.11 Å². The van der Waals surface area contributed by atoms with Crippen LogP contribution in [0.2, 0.25) is 0 Å². The van der Waals surface area contributed by atoms with Crippen LogP contribution in [0.5, 0.6) is 17.5 Å². The molecule has 1 aromatic heterocycles. The molecule has 3 aromatic carbocycles. The first-order valence-electron chi connectivity index (χ1n) is 9.26. The highest BCUT2D eigenvalue weighted by molar-refractivity contribution is 5.35. The van der Waals surface area contributed by atoms with E-state index in [1.165, 1.54) is 5.56 Å². The van der Waals surface area contributed by atoms with Crippen LogP contribution < -0.4 is 14.8 Å². The molecule has 0 atom stereocenters. The Morgan fingerprint density at radius 3 is 2.41 bits per heavy atom. The third-order valence-electron chi connectivity index (χ3n) is 4.37. The number of benzene rings is 3. The zero-order chi connectivity index (χ0) is 19.9. The first-order valence-corrected chi connectivity index (χ1v) is 9.26. The Morgan fingerprint density at radius 2 is 1.62 bits per heavy atom. The summed E-state index contributed by atoms with van der Waals surface area (Å²) in [5.41, 5.74) is 3.14. The average Bonchev–Trinajstić information content (AvgIpc) is 3.23. The topological polar surface area (TPSA) is 74.1 Å². The predicted molar refractivity (Wildman–Crippen MR) is 109 cm³/mol. The van der Waals surface area contributed by atoms with Crippen molar-refractivity contribution >= 4 is 0 Å². The van der Waals surface area contributed by atoms with Gasteiger partial charge in [0.05, 0.1) is 12.8 Å². The molecule has 1 heterocycles. The van der Waals surface area contributed by atoms with Crippen LogP contribution in [-0.2, 0) is 13.1 Å². The van der Waals surface area contributed by atoms with Gasteiger partial charge in [-0.1, -0.05) is 47.6 Å². The number of tetrazole rings is 1. The summed E-state index contributed by atoms with van der Waals surface area (Å²) >= 11 is 0. The summed E-state index contributed by atoms with van der Waals surface area (Å²) in [5.74, 6) is 1.54. The van der Waals surface area contributed by atoms with E-state index in [4.69, 9.17) is 9.47 Å². The summed E-state index contributed by atoms with van der Waals surface area (Å²) in [7, 11) is 1.67. The maximum absolute atomic E-state index is 5.92. The fourth-order valence-electron chi connectivity index (χ4n) is 2.89. The summed E-state index contributed by atoms with van der Waals surface area (Å²) in [4.78, 5) is 0. The van der Waals surface area contributed by atoms with Gasteiger partial charge in [-0.3, -0.25) is 0 Å². The lowest BCUT2D eigenvalue weighted by Crippen LogP contribution is -2.12. The number of para-hydroxylation sites is 1. The SMILES string of the molecule is COc1ccc(CNCc2cccc(Oc3nnnn3-c3ccccc3)c2)cc1. The van der Waals surface area contributed by atoms with E-state index >= 15 is 0 Å². The highest BCUT2D eigenvalue weighted by atomic mass is 16.5. The molecule has 4 aromatic rings. The largest absolute Gasteiger partial charge is 0.497 e. The van der Waals surface area contributed by atoms with Crippen molar-refractivity contribution in [2.24, 2.45) is 0 Å². The molecule has 7 heteroatoms. The van der Waals surface area contributed by atoms with Gasteiger partial charge in [0, 0.05) is 13.1 Å². The molecule has 146 valence electrons. The quantitative estimate of drug-likeness (QED) is 0.496. The van der Waals surface area contributed by atoms with E-state index in [-0.39, 0.29) is 0 Å². The van der Waals surface area contributed by atoms with E-state index in [0.29, 0.717) is 18.3 Å². The molecule has 0 aliphatic rings. The molecule has 0 aliphatic heterocycles. The van der Waals surface area contributed by atoms with Gasteiger partial charge in [0.1, 0.15) is 11.5 Å². The van der Waals surface area contributed by atoms with Crippen LogP contribution in [0.25, 0.3) is 5.69 Å². The normalized spacial score (nSPS) is 10.7. The summed E-state index contributed by atoms with van der Waals surface area (Å²) in [6.45, 7) is 1.48. The number of hydrogen-bond acceptors (Lipinski definition) is 6. The number of nitrogens with one attached hydrogen (secondary N) is 1. The molecule has 29 heavy (non-hydrogen) atoms. The second kappa shape index (κ2) is 8.99. The standard InChI is InChI=1S/C22H21N5O2/c1-28-20-12-10-17(11-13-20)15-23-16-18-6-5-9-21(14-18)29-22-24-25-26-27(22)19-7-3-2-4-8-19/h2-14,23H,15-16H2,1H3. The Morgan fingerprint density at radius 1 is 0.828 bits per heavy atom. The van der Waals surface area contributed by atoms with Crippen LogP contribution in [0.1, 0.15) is 11.1 Å². The molecular formula is C22H21N5O2. The monoisotopic (exact) mass is 387 g/mol. The van der Waals surface area contributed by atoms with Gasteiger partial charge in [-0.15, -0.1) is 0 Å². The number of aromatic nitrogens is 4. The van der Waals surface area contributed by atoms with Crippen LogP contribution in [0.3, 0.4) is 0 Å². The van der Waals surface area contributed by atoms with Gasteiger partial charge in [0.25, 0.3) is 0 Å². The van der Waals surface area contributed by atoms with Crippen molar-refractivity contribution in [3.05, 3.63) is 90.0 Å². The highest BCUT2D eigenvalue weighted by Gasteiger charge is 2.10. The molecule has 0 spiro atoms. The third-order valence-corrected chi connectivity index (χ3v) is 4.37. The molecular weight excluding hydrogens is 366 g/mol. The predicted octanol–water partition coefficient (Wildman–Crippen LogP) is 3.75. The maximum Gasteiger partial charge on any atom is 0.345 e. The van der Waals surface area contributed by atoms with Crippen LogP contribution in [0.4, 0.5) is 0 Å². The van der Waals surface area contributed by atoms with Crippen molar-refractivity contribution in [3.63, 3.8) is 0 Å². The highest BCUT2D eigenvalue weighted by Crippen LogP contribution is 2.22. The second-order valence-electron chi connectivity index (χ2n) is 6.41. The van der Waals surface area contributed by atoms with E-state index < -0.39 is 0 Å². The fourth-order valence-corrected chi connectivity index (χ4v) is 2.89. The average molecular weight is 387 g/mol. The van der Waals surface area contributed by atoms with Crippen LogP contribution in [0, 0.1) is 0 Å². The number of rotatable bonds is 8. The lowest BCUT2D eigenvalue weighted by atomic mass is 10.2. The molecule has 1 N–H and O–H groups in total. The lowest BCUT2D eigenvalue weighted by Gasteiger charge is -2.09. The van der Waals surface area contributed by atoms with Crippen molar-refractivity contribution < 1.29 is 9.47 Å². The molecule has 0 saturated heterocycles. The fraction of sp³-hybridized carbons (Fsp3) is 0.136. The van der Waals surface area contributed by atoms with E-state index in [0.717, 1.165) is 23.5 Å². The molecule has 7 nitrogen and oxygen atoms in total. The number of methoxy groups -OCH3 is 1. The van der Waals surface area contributed by atoms with E-state index in [1.807, 2.05) is 66.7 Å². The second-order valence-corrected chi connectivity index (χ2v) is 6.41. The minimum atomic E-state index is 0.319. The van der Waals surface area contributed by atoms with Crippen molar-refractivity contribution in [1.82, 2.24) is 25.5 Å². The van der Waals surface area contributed by atoms with Gasteiger partial charge in [-0.2, -0.15) is 4.68 Å². The minimum Gasteiger partial charge on any atom is -0.497 e. The van der Waals surface area contributed by atoms with E-state index in [9.17, 15) is 0 Å². The van der Waals surface area contributed by atoms with Gasteiger partial charge in [0.15, 0.2) is 0 Å². The van der Waals surface area contributed by atoms with Gasteiger partial charge < -0.3 is 14.8 Å². The summed E-state index contributed by atoms with van der Waals surface area (Å²) < 4.78 is 12.7. The Kier molecular flexibility index (Phi) is 5.78. The third kappa shape index (κ3) is 4.77. The maximum atomic E-state index is 5.92. The van der Waals surface area contributed by atoms with Crippen LogP contribution in [-0.4, -0.2) is 27.3 Å². The molecule has 0 aliphatic carbocycles. The van der Waals surface area contributed by atoms with Gasteiger partial charge in [0.2, 0.25) is 0 Å². The van der Waals surface area contributed by atoms with Gasteiger partial charge in [-0.25, -0.2) is 0 Å². The lowest BCUT2D eigenvalue weighted by molar-refractivity contribution is 0.414. The Labute approximate surface area is 168 Å². The first-order chi connectivity index (χ1) is 14.3. The van der Waals surface area contributed by atoms with Crippen molar-refractivity contribution in [1.29, 1.82) is 0 Å². The van der Waals surface area contributed by atoms with Gasteiger partial charge in [-0.05, 0) is 58.0 Å². The Hall–Kier alpha value is -3.71. The molecule has 0 unspecified atom stereocenters. The van der Waals surface area contributed by atoms with E-state index in [2.05, 4.69) is 33.0 Å². The van der Waals surface area contributed by atoms with Crippen LogP contribution in [0.15, 0.2) is 78.9 Å². The zero-order valence-electron chi connectivity index (χ0n) is 16.0. The zero-order valence-corrected chi connectivity index (χ0v) is 16.0. The van der Waals surface area contributed by atoms with Crippen LogP contribution >= 0.6 is 0 Å². The molecule has 0 fully saturated rings. The van der Waals surface area contributed by atoms with Gasteiger partial charge >= 0.3 is 6.01 Å². The molecule has 0 radical (unpaired) electrons. The Balaban J connectivity index is 1.38. The van der Waals surface area contributed by atoms with Crippen molar-refractivity contribution in [3.8, 4) is 23.2 Å². The molecule has 0 amide bonds.